The van der Waals surface area contributed by atoms with Gasteiger partial charge in [0.1, 0.15) is 0 Å². The second kappa shape index (κ2) is 3.59. The zero-order chi connectivity index (χ0) is 9.97. The lowest BCUT2D eigenvalue weighted by molar-refractivity contribution is 0.0431. The van der Waals surface area contributed by atoms with Crippen LogP contribution in [0.2, 0.25) is 0 Å². The largest absolute Gasteiger partial charge is 0.450 e. The molecule has 1 aliphatic heterocycles. The van der Waals surface area contributed by atoms with E-state index in [2.05, 4.69) is 4.99 Å². The summed E-state index contributed by atoms with van der Waals surface area (Å²) >= 11 is 0. The van der Waals surface area contributed by atoms with Gasteiger partial charge in [0.2, 0.25) is 5.90 Å². The Balaban J connectivity index is 2.29. The van der Waals surface area contributed by atoms with Crippen LogP contribution in [0.25, 0.3) is 0 Å². The molecule has 4 nitrogen and oxygen atoms in total. The number of nitrogens with zero attached hydrogens (tertiary/aromatic N) is 1. The minimum atomic E-state index is -0.258. The molecule has 1 aromatic rings. The van der Waals surface area contributed by atoms with Crippen molar-refractivity contribution in [2.75, 3.05) is 13.9 Å². The fraction of sp³-hybridized carbons (Fsp3) is 0.200. The number of methoxy groups -OCH3 is 1. The van der Waals surface area contributed by atoms with Crippen LogP contribution in [0, 0.1) is 0 Å². The van der Waals surface area contributed by atoms with Crippen LogP contribution in [0.1, 0.15) is 15.9 Å². The summed E-state index contributed by atoms with van der Waals surface area (Å²) in [4.78, 5) is 15.1. The van der Waals surface area contributed by atoms with E-state index in [0.717, 1.165) is 5.56 Å². The molecule has 0 spiro atoms. The zero-order valence-electron chi connectivity index (χ0n) is 7.69. The molecule has 14 heavy (non-hydrogen) atoms. The molecule has 0 fully saturated rings. The van der Waals surface area contributed by atoms with Crippen molar-refractivity contribution in [3.63, 3.8) is 0 Å². The van der Waals surface area contributed by atoms with Gasteiger partial charge in [-0.05, 0) is 12.1 Å². The molecule has 1 aromatic carbocycles. The zero-order valence-corrected chi connectivity index (χ0v) is 7.69. The molecule has 0 atom stereocenters. The molecule has 0 saturated carbocycles. The molecular weight excluding hydrogens is 182 g/mol. The number of amides is 1. The van der Waals surface area contributed by atoms with E-state index in [1.165, 1.54) is 7.11 Å². The number of hydrogen-bond donors (Lipinski definition) is 0. The van der Waals surface area contributed by atoms with E-state index in [-0.39, 0.29) is 12.7 Å². The third-order valence-corrected chi connectivity index (χ3v) is 1.90. The van der Waals surface area contributed by atoms with Crippen molar-refractivity contribution in [1.82, 2.24) is 0 Å². The fourth-order valence-electron chi connectivity index (χ4n) is 1.29. The first-order chi connectivity index (χ1) is 6.83. The van der Waals surface area contributed by atoms with Gasteiger partial charge in [0, 0.05) is 12.7 Å². The summed E-state index contributed by atoms with van der Waals surface area (Å²) in [5.74, 6) is 0.0825. The molecule has 2 rings (SSSR count). The van der Waals surface area contributed by atoms with Gasteiger partial charge in [-0.1, -0.05) is 12.1 Å². The standard InChI is InChI=1S/C10H9NO3/c1-13-6-14-10-8-5-3-2-4-7(8)9(12)11-10/h2-5H,6H2,1H3. The van der Waals surface area contributed by atoms with Crippen molar-refractivity contribution in [1.29, 1.82) is 0 Å². The first-order valence-corrected chi connectivity index (χ1v) is 4.17. The number of fused-ring (bicyclic) bond motifs is 1. The van der Waals surface area contributed by atoms with Gasteiger partial charge < -0.3 is 9.47 Å². The monoisotopic (exact) mass is 191 g/mol. The van der Waals surface area contributed by atoms with Crippen LogP contribution >= 0.6 is 0 Å². The Hall–Kier alpha value is -1.68. The van der Waals surface area contributed by atoms with Crippen LogP contribution in [0.3, 0.4) is 0 Å². The molecule has 1 amide bonds. The van der Waals surface area contributed by atoms with Gasteiger partial charge in [0.25, 0.3) is 5.91 Å². The molecule has 1 heterocycles. The molecule has 0 N–H and O–H groups in total. The van der Waals surface area contributed by atoms with Crippen molar-refractivity contribution in [3.05, 3.63) is 35.4 Å². The molecule has 0 aromatic heterocycles. The van der Waals surface area contributed by atoms with Gasteiger partial charge >= 0.3 is 0 Å². The number of carbonyl (C=O) groups is 1. The predicted molar refractivity (Wildman–Crippen MR) is 50.3 cm³/mol. The molecule has 0 bridgehead atoms. The van der Waals surface area contributed by atoms with E-state index < -0.39 is 0 Å². The fourth-order valence-corrected chi connectivity index (χ4v) is 1.29. The molecule has 4 heteroatoms. The summed E-state index contributed by atoms with van der Waals surface area (Å²) in [5, 5.41) is 0. The third kappa shape index (κ3) is 1.40. The van der Waals surface area contributed by atoms with E-state index in [4.69, 9.17) is 9.47 Å². The molecule has 72 valence electrons. The van der Waals surface area contributed by atoms with Crippen LogP contribution in [0.15, 0.2) is 29.3 Å². The van der Waals surface area contributed by atoms with Crippen molar-refractivity contribution in [2.45, 2.75) is 0 Å². The number of benzene rings is 1. The maximum Gasteiger partial charge on any atom is 0.281 e. The molecular formula is C10H9NO3. The summed E-state index contributed by atoms with van der Waals surface area (Å²) in [6.07, 6.45) is 0. The minimum absolute atomic E-state index is 0.0977. The Morgan fingerprint density at radius 3 is 2.71 bits per heavy atom. The Morgan fingerprint density at radius 2 is 2.00 bits per heavy atom. The Kier molecular flexibility index (Phi) is 2.28. The highest BCUT2D eigenvalue weighted by molar-refractivity contribution is 6.18. The second-order valence-electron chi connectivity index (χ2n) is 2.82. The lowest BCUT2D eigenvalue weighted by Gasteiger charge is -2.03. The Labute approximate surface area is 81.2 Å². The molecule has 0 unspecified atom stereocenters. The average molecular weight is 191 g/mol. The normalized spacial score (nSPS) is 13.8. The van der Waals surface area contributed by atoms with Crippen molar-refractivity contribution < 1.29 is 14.3 Å². The highest BCUT2D eigenvalue weighted by Crippen LogP contribution is 2.18. The van der Waals surface area contributed by atoms with Gasteiger partial charge in [-0.25, -0.2) is 0 Å². The maximum atomic E-state index is 11.3. The van der Waals surface area contributed by atoms with Crippen LogP contribution < -0.4 is 0 Å². The van der Waals surface area contributed by atoms with Gasteiger partial charge in [0.05, 0.1) is 5.56 Å². The number of aliphatic imine (C=N–C) groups is 1. The highest BCUT2D eigenvalue weighted by atomic mass is 16.7. The number of hydrogen-bond acceptors (Lipinski definition) is 3. The van der Waals surface area contributed by atoms with Crippen LogP contribution in [-0.2, 0) is 9.47 Å². The van der Waals surface area contributed by atoms with Crippen LogP contribution in [0.4, 0.5) is 0 Å². The van der Waals surface area contributed by atoms with E-state index in [0.29, 0.717) is 11.5 Å². The first-order valence-electron chi connectivity index (χ1n) is 4.17. The summed E-state index contributed by atoms with van der Waals surface area (Å²) in [6, 6.07) is 7.16. The van der Waals surface area contributed by atoms with Crippen LogP contribution in [0.5, 0.6) is 0 Å². The van der Waals surface area contributed by atoms with Gasteiger partial charge in [-0.2, -0.15) is 4.99 Å². The van der Waals surface area contributed by atoms with Crippen molar-refractivity contribution in [3.8, 4) is 0 Å². The van der Waals surface area contributed by atoms with E-state index >= 15 is 0 Å². The number of carbonyl (C=O) groups excluding carboxylic acids is 1. The number of ether oxygens (including phenoxy) is 2. The van der Waals surface area contributed by atoms with Crippen molar-refractivity contribution >= 4 is 11.8 Å². The van der Waals surface area contributed by atoms with E-state index in [9.17, 15) is 4.79 Å². The molecule has 0 radical (unpaired) electrons. The SMILES string of the molecule is COCOC1=NC(=O)c2ccccc21. The maximum absolute atomic E-state index is 11.3. The topological polar surface area (TPSA) is 47.9 Å². The lowest BCUT2D eigenvalue weighted by atomic mass is 10.1. The average Bonchev–Trinajstić information content (AvgIpc) is 2.54. The van der Waals surface area contributed by atoms with E-state index in [1.54, 1.807) is 18.2 Å². The van der Waals surface area contributed by atoms with E-state index in [1.807, 2.05) is 6.07 Å². The second-order valence-corrected chi connectivity index (χ2v) is 2.82. The summed E-state index contributed by atoms with van der Waals surface area (Å²) < 4.78 is 9.90. The number of rotatable bonds is 2. The third-order valence-electron chi connectivity index (χ3n) is 1.90. The first kappa shape index (κ1) is 8.90. The summed E-state index contributed by atoms with van der Waals surface area (Å²) in [5.41, 5.74) is 1.31. The highest BCUT2D eigenvalue weighted by Gasteiger charge is 2.23. The molecule has 0 saturated heterocycles. The van der Waals surface area contributed by atoms with Crippen molar-refractivity contribution in [2.24, 2.45) is 4.99 Å². The van der Waals surface area contributed by atoms with Gasteiger partial charge in [-0.15, -0.1) is 0 Å². The molecule has 1 aliphatic rings. The quantitative estimate of drug-likeness (QED) is 0.660. The smallest absolute Gasteiger partial charge is 0.281 e. The Bertz CT molecular complexity index is 398. The van der Waals surface area contributed by atoms with Gasteiger partial charge in [-0.3, -0.25) is 4.79 Å². The predicted octanol–water partition coefficient (Wildman–Crippen LogP) is 1.21. The summed E-state index contributed by atoms with van der Waals surface area (Å²) in [7, 11) is 1.52. The van der Waals surface area contributed by atoms with Crippen LogP contribution in [-0.4, -0.2) is 25.7 Å². The lowest BCUT2D eigenvalue weighted by Crippen LogP contribution is -2.06. The summed E-state index contributed by atoms with van der Waals surface area (Å²) in [6.45, 7) is 0.0977. The minimum Gasteiger partial charge on any atom is -0.450 e. The molecule has 0 aliphatic carbocycles. The van der Waals surface area contributed by atoms with Gasteiger partial charge in [0.15, 0.2) is 6.79 Å². The Morgan fingerprint density at radius 1 is 1.29 bits per heavy atom.